The predicted molar refractivity (Wildman–Crippen MR) is 59.5 cm³/mol. The third kappa shape index (κ3) is 2.47. The SMILES string of the molecule is Cc1cc(C)nc(-n2cnc(S(C)(=O)=O)n2)n1. The van der Waals surface area contributed by atoms with Crippen molar-refractivity contribution in [3.8, 4) is 5.95 Å². The second-order valence-corrected chi connectivity index (χ2v) is 5.60. The topological polar surface area (TPSA) is 90.6 Å². The molecule has 2 heterocycles. The van der Waals surface area contributed by atoms with Crippen LogP contribution in [0.2, 0.25) is 0 Å². The lowest BCUT2D eigenvalue weighted by molar-refractivity contribution is 0.591. The van der Waals surface area contributed by atoms with Crippen molar-refractivity contribution in [1.29, 1.82) is 0 Å². The lowest BCUT2D eigenvalue weighted by Crippen LogP contribution is -2.06. The molecule has 0 atom stereocenters. The Balaban J connectivity index is 2.51. The highest BCUT2D eigenvalue weighted by Gasteiger charge is 2.14. The van der Waals surface area contributed by atoms with Gasteiger partial charge >= 0.3 is 0 Å². The van der Waals surface area contributed by atoms with Gasteiger partial charge in [-0.3, -0.25) is 0 Å². The molecule has 0 amide bonds. The van der Waals surface area contributed by atoms with Crippen molar-refractivity contribution >= 4 is 9.84 Å². The lowest BCUT2D eigenvalue weighted by Gasteiger charge is -2.01. The molecule has 90 valence electrons. The second kappa shape index (κ2) is 3.88. The first kappa shape index (κ1) is 11.6. The quantitative estimate of drug-likeness (QED) is 0.752. The molecule has 0 unspecified atom stereocenters. The van der Waals surface area contributed by atoms with Gasteiger partial charge in [-0.15, -0.1) is 5.10 Å². The van der Waals surface area contributed by atoms with Gasteiger partial charge in [-0.05, 0) is 19.9 Å². The van der Waals surface area contributed by atoms with E-state index in [4.69, 9.17) is 0 Å². The Bertz CT molecular complexity index is 642. The molecule has 2 rings (SSSR count). The van der Waals surface area contributed by atoms with Crippen LogP contribution in [0.4, 0.5) is 0 Å². The summed E-state index contributed by atoms with van der Waals surface area (Å²) in [5.74, 6) is 0.310. The molecule has 0 saturated heterocycles. The van der Waals surface area contributed by atoms with E-state index in [2.05, 4.69) is 20.1 Å². The monoisotopic (exact) mass is 253 g/mol. The molecule has 0 fully saturated rings. The molecule has 7 nitrogen and oxygen atoms in total. The van der Waals surface area contributed by atoms with E-state index in [-0.39, 0.29) is 5.16 Å². The maximum absolute atomic E-state index is 11.2. The molecule has 17 heavy (non-hydrogen) atoms. The van der Waals surface area contributed by atoms with E-state index in [1.54, 1.807) is 0 Å². The largest absolute Gasteiger partial charge is 0.267 e. The van der Waals surface area contributed by atoms with E-state index in [0.29, 0.717) is 5.95 Å². The van der Waals surface area contributed by atoms with Crippen molar-refractivity contribution in [2.24, 2.45) is 0 Å². The molecule has 0 aromatic carbocycles. The summed E-state index contributed by atoms with van der Waals surface area (Å²) in [5.41, 5.74) is 1.56. The molecule has 0 aliphatic heterocycles. The molecule has 8 heteroatoms. The third-order valence-electron chi connectivity index (χ3n) is 1.98. The highest BCUT2D eigenvalue weighted by Crippen LogP contribution is 2.06. The van der Waals surface area contributed by atoms with Crippen LogP contribution in [0, 0.1) is 13.8 Å². The van der Waals surface area contributed by atoms with Crippen LogP contribution in [0.5, 0.6) is 0 Å². The summed E-state index contributed by atoms with van der Waals surface area (Å²) >= 11 is 0. The van der Waals surface area contributed by atoms with Gasteiger partial charge in [0.15, 0.2) is 0 Å². The van der Waals surface area contributed by atoms with Gasteiger partial charge in [-0.1, -0.05) is 0 Å². The molecule has 2 aromatic rings. The standard InChI is InChI=1S/C9H11N5O2S/c1-6-4-7(2)12-8(11-6)14-5-10-9(13-14)17(3,15)16/h4-5H,1-3H3. The van der Waals surface area contributed by atoms with Crippen molar-refractivity contribution in [3.63, 3.8) is 0 Å². The molecule has 2 aromatic heterocycles. The lowest BCUT2D eigenvalue weighted by atomic mass is 10.4. The number of hydrogen-bond acceptors (Lipinski definition) is 6. The Kier molecular flexibility index (Phi) is 2.66. The van der Waals surface area contributed by atoms with Gasteiger partial charge in [0.25, 0.3) is 11.1 Å². The van der Waals surface area contributed by atoms with Crippen LogP contribution in [0.1, 0.15) is 11.4 Å². The van der Waals surface area contributed by atoms with Crippen LogP contribution in [-0.2, 0) is 9.84 Å². The van der Waals surface area contributed by atoms with Gasteiger partial charge in [0, 0.05) is 17.6 Å². The summed E-state index contributed by atoms with van der Waals surface area (Å²) in [7, 11) is -3.41. The molecule has 0 N–H and O–H groups in total. The van der Waals surface area contributed by atoms with Gasteiger partial charge < -0.3 is 0 Å². The maximum Gasteiger partial charge on any atom is 0.267 e. The summed E-state index contributed by atoms with van der Waals surface area (Å²) in [6, 6.07) is 1.82. The van der Waals surface area contributed by atoms with Crippen LogP contribution in [0.25, 0.3) is 5.95 Å². The summed E-state index contributed by atoms with van der Waals surface area (Å²) < 4.78 is 23.7. The van der Waals surface area contributed by atoms with Crippen molar-refractivity contribution < 1.29 is 8.42 Å². The Morgan fingerprint density at radius 2 is 1.76 bits per heavy atom. The smallest absolute Gasteiger partial charge is 0.221 e. The molecular formula is C9H11N5O2S. The molecule has 0 radical (unpaired) electrons. The number of nitrogens with zero attached hydrogens (tertiary/aromatic N) is 5. The Labute approximate surface area is 98.5 Å². The zero-order chi connectivity index (χ0) is 12.6. The first-order valence-corrected chi connectivity index (χ1v) is 6.70. The number of rotatable bonds is 2. The average molecular weight is 253 g/mol. The highest BCUT2D eigenvalue weighted by atomic mass is 32.2. The fourth-order valence-corrected chi connectivity index (χ4v) is 1.80. The zero-order valence-corrected chi connectivity index (χ0v) is 10.4. The Hall–Kier alpha value is -1.83. The van der Waals surface area contributed by atoms with Crippen LogP contribution in [0.3, 0.4) is 0 Å². The van der Waals surface area contributed by atoms with Crippen molar-refractivity contribution in [2.45, 2.75) is 19.0 Å². The Morgan fingerprint density at radius 1 is 1.18 bits per heavy atom. The Morgan fingerprint density at radius 3 is 2.24 bits per heavy atom. The molecule has 0 aliphatic carbocycles. The minimum absolute atomic E-state index is 0.236. The van der Waals surface area contributed by atoms with Gasteiger partial charge in [-0.2, -0.15) is 4.68 Å². The second-order valence-electron chi connectivity index (χ2n) is 3.69. The third-order valence-corrected chi connectivity index (χ3v) is 2.83. The molecule has 0 aliphatic rings. The van der Waals surface area contributed by atoms with E-state index in [9.17, 15) is 8.42 Å². The molecule has 0 bridgehead atoms. The minimum Gasteiger partial charge on any atom is -0.221 e. The van der Waals surface area contributed by atoms with Crippen molar-refractivity contribution in [3.05, 3.63) is 23.8 Å². The van der Waals surface area contributed by atoms with Crippen LogP contribution >= 0.6 is 0 Å². The van der Waals surface area contributed by atoms with E-state index in [1.165, 1.54) is 11.0 Å². The normalized spacial score (nSPS) is 11.7. The summed E-state index contributed by atoms with van der Waals surface area (Å²) in [4.78, 5) is 12.0. The van der Waals surface area contributed by atoms with Crippen molar-refractivity contribution in [1.82, 2.24) is 24.7 Å². The fourth-order valence-electron chi connectivity index (χ4n) is 1.32. The maximum atomic E-state index is 11.2. The average Bonchev–Trinajstić information content (AvgIpc) is 2.63. The van der Waals surface area contributed by atoms with E-state index < -0.39 is 9.84 Å². The first-order chi connectivity index (χ1) is 7.86. The minimum atomic E-state index is -3.41. The van der Waals surface area contributed by atoms with Gasteiger partial charge in [0.2, 0.25) is 9.84 Å². The first-order valence-electron chi connectivity index (χ1n) is 4.80. The molecule has 0 saturated carbocycles. The zero-order valence-electron chi connectivity index (χ0n) is 9.62. The fraction of sp³-hybridized carbons (Fsp3) is 0.333. The summed E-state index contributed by atoms with van der Waals surface area (Å²) in [6.07, 6.45) is 2.33. The van der Waals surface area contributed by atoms with E-state index in [0.717, 1.165) is 17.6 Å². The van der Waals surface area contributed by atoms with E-state index in [1.807, 2.05) is 19.9 Å². The molecular weight excluding hydrogens is 242 g/mol. The van der Waals surface area contributed by atoms with Gasteiger partial charge in [-0.25, -0.2) is 23.4 Å². The highest BCUT2D eigenvalue weighted by molar-refractivity contribution is 7.90. The molecule has 0 spiro atoms. The summed E-state index contributed by atoms with van der Waals surface area (Å²) in [6.45, 7) is 3.65. The van der Waals surface area contributed by atoms with E-state index >= 15 is 0 Å². The van der Waals surface area contributed by atoms with Crippen LogP contribution < -0.4 is 0 Å². The summed E-state index contributed by atoms with van der Waals surface area (Å²) in [5, 5.41) is 3.59. The number of sulfone groups is 1. The predicted octanol–water partition coefficient (Wildman–Crippen LogP) is 0.0776. The number of aryl methyl sites for hydroxylation is 2. The van der Waals surface area contributed by atoms with Crippen molar-refractivity contribution in [2.75, 3.05) is 6.26 Å². The van der Waals surface area contributed by atoms with Gasteiger partial charge in [0.1, 0.15) is 6.33 Å². The van der Waals surface area contributed by atoms with Crippen LogP contribution in [0.15, 0.2) is 17.6 Å². The van der Waals surface area contributed by atoms with Crippen LogP contribution in [-0.4, -0.2) is 39.4 Å². The van der Waals surface area contributed by atoms with Gasteiger partial charge in [0.05, 0.1) is 0 Å². The number of hydrogen-bond donors (Lipinski definition) is 0. The number of aromatic nitrogens is 5.